The van der Waals surface area contributed by atoms with Crippen LogP contribution >= 0.6 is 11.3 Å². The molecule has 0 unspecified atom stereocenters. The first-order valence-corrected chi connectivity index (χ1v) is 9.43. The Kier molecular flexibility index (Phi) is 3.85. The second kappa shape index (κ2) is 5.30. The lowest BCUT2D eigenvalue weighted by Crippen LogP contribution is -2.18. The lowest BCUT2D eigenvalue weighted by atomic mass is 9.78. The Morgan fingerprint density at radius 2 is 1.54 bits per heavy atom. The van der Waals surface area contributed by atoms with Crippen molar-refractivity contribution in [2.45, 2.75) is 70.8 Å². The molecule has 2 aromatic rings. The van der Waals surface area contributed by atoms with E-state index >= 15 is 0 Å². The van der Waals surface area contributed by atoms with E-state index in [9.17, 15) is 5.11 Å². The summed E-state index contributed by atoms with van der Waals surface area (Å²) in [5.41, 5.74) is 9.78. The maximum Gasteiger partial charge on any atom is 0.123 e. The normalized spacial score (nSPS) is 17.1. The number of aromatic nitrogens is 1. The molecule has 1 aromatic carbocycles. The van der Waals surface area contributed by atoms with Gasteiger partial charge in [0.05, 0.1) is 11.2 Å². The summed E-state index contributed by atoms with van der Waals surface area (Å²) < 4.78 is 0. The second-order valence-corrected chi connectivity index (χ2v) is 9.97. The Morgan fingerprint density at radius 3 is 1.96 bits per heavy atom. The summed E-state index contributed by atoms with van der Waals surface area (Å²) in [7, 11) is 0. The molecule has 3 nitrogen and oxygen atoms in total. The third-order valence-electron chi connectivity index (χ3n) is 4.74. The summed E-state index contributed by atoms with van der Waals surface area (Å²) in [6.45, 7) is 12.8. The van der Waals surface area contributed by atoms with Crippen LogP contribution in [0, 0.1) is 0 Å². The van der Waals surface area contributed by atoms with Gasteiger partial charge in [0.2, 0.25) is 0 Å². The van der Waals surface area contributed by atoms with Crippen LogP contribution < -0.4 is 5.73 Å². The standard InChI is InChI=1S/C20H28N2OS/c1-18(2,3)13-9-12(10-14(16(13)23)19(4,5)6)15-11-24-17(22-15)20(21)7-8-20/h9-11,23H,7-8,21H2,1-6H3. The summed E-state index contributed by atoms with van der Waals surface area (Å²) in [6, 6.07) is 4.17. The first-order chi connectivity index (χ1) is 10.9. The fourth-order valence-corrected chi connectivity index (χ4v) is 3.91. The number of nitrogens with two attached hydrogens (primary N) is 1. The van der Waals surface area contributed by atoms with Crippen molar-refractivity contribution in [3.05, 3.63) is 33.6 Å². The number of benzene rings is 1. The molecule has 0 saturated heterocycles. The van der Waals surface area contributed by atoms with E-state index in [1.165, 1.54) is 0 Å². The minimum absolute atomic E-state index is 0.134. The number of nitrogens with zero attached hydrogens (tertiary/aromatic N) is 1. The molecule has 4 heteroatoms. The summed E-state index contributed by atoms with van der Waals surface area (Å²) in [5.74, 6) is 0.409. The van der Waals surface area contributed by atoms with Crippen LogP contribution in [-0.4, -0.2) is 10.1 Å². The Hall–Kier alpha value is -1.39. The lowest BCUT2D eigenvalue weighted by molar-refractivity contribution is 0.423. The number of hydrogen-bond donors (Lipinski definition) is 2. The number of phenols is 1. The van der Waals surface area contributed by atoms with Gasteiger partial charge in [-0.05, 0) is 35.8 Å². The zero-order valence-electron chi connectivity index (χ0n) is 15.5. The largest absolute Gasteiger partial charge is 0.507 e. The number of phenolic OH excluding ortho intramolecular Hbond substituents is 1. The van der Waals surface area contributed by atoms with Gasteiger partial charge < -0.3 is 10.8 Å². The highest BCUT2D eigenvalue weighted by Gasteiger charge is 2.43. The predicted octanol–water partition coefficient (Wildman–Crippen LogP) is 5.06. The Morgan fingerprint density at radius 1 is 1.04 bits per heavy atom. The average molecular weight is 345 g/mol. The highest BCUT2D eigenvalue weighted by atomic mass is 32.1. The highest BCUT2D eigenvalue weighted by Crippen LogP contribution is 2.46. The molecule has 3 N–H and O–H groups in total. The van der Waals surface area contributed by atoms with Crippen molar-refractivity contribution in [2.24, 2.45) is 5.73 Å². The Bertz CT molecular complexity index is 739. The Balaban J connectivity index is 2.16. The minimum Gasteiger partial charge on any atom is -0.507 e. The molecule has 1 fully saturated rings. The first kappa shape index (κ1) is 17.4. The molecule has 1 aliphatic rings. The number of hydrogen-bond acceptors (Lipinski definition) is 4. The van der Waals surface area contributed by atoms with Crippen LogP contribution in [0.15, 0.2) is 17.5 Å². The van der Waals surface area contributed by atoms with Crippen LogP contribution in [0.2, 0.25) is 0 Å². The molecule has 0 amide bonds. The van der Waals surface area contributed by atoms with Crippen LogP contribution in [0.3, 0.4) is 0 Å². The molecule has 0 spiro atoms. The van der Waals surface area contributed by atoms with Crippen molar-refractivity contribution < 1.29 is 5.11 Å². The Labute approximate surface area is 148 Å². The summed E-state index contributed by atoms with van der Waals surface area (Å²) in [5, 5.41) is 14.0. The van der Waals surface area contributed by atoms with Gasteiger partial charge in [-0.1, -0.05) is 41.5 Å². The minimum atomic E-state index is -0.195. The number of aromatic hydroxyl groups is 1. The molecule has 24 heavy (non-hydrogen) atoms. The van der Waals surface area contributed by atoms with Crippen LogP contribution in [-0.2, 0) is 16.4 Å². The molecular formula is C20H28N2OS. The van der Waals surface area contributed by atoms with Gasteiger partial charge in [0, 0.05) is 22.1 Å². The summed E-state index contributed by atoms with van der Waals surface area (Å²) in [4.78, 5) is 4.80. The van der Waals surface area contributed by atoms with E-state index < -0.39 is 0 Å². The summed E-state index contributed by atoms with van der Waals surface area (Å²) in [6.07, 6.45) is 2.05. The molecule has 1 saturated carbocycles. The molecule has 0 radical (unpaired) electrons. The topological polar surface area (TPSA) is 59.1 Å². The predicted molar refractivity (Wildman–Crippen MR) is 102 cm³/mol. The molecule has 0 atom stereocenters. The average Bonchev–Trinajstić information content (AvgIpc) is 3.00. The van der Waals surface area contributed by atoms with E-state index in [0.717, 1.165) is 40.2 Å². The van der Waals surface area contributed by atoms with E-state index in [4.69, 9.17) is 10.7 Å². The second-order valence-electron chi connectivity index (χ2n) is 9.11. The van der Waals surface area contributed by atoms with Crippen molar-refractivity contribution in [1.29, 1.82) is 0 Å². The fourth-order valence-electron chi connectivity index (χ4n) is 2.91. The maximum absolute atomic E-state index is 10.8. The molecule has 3 rings (SSSR count). The van der Waals surface area contributed by atoms with Gasteiger partial charge in [-0.15, -0.1) is 11.3 Å². The molecule has 1 aliphatic carbocycles. The molecule has 130 valence electrons. The highest BCUT2D eigenvalue weighted by molar-refractivity contribution is 7.10. The molecule has 1 aromatic heterocycles. The van der Waals surface area contributed by atoms with Gasteiger partial charge >= 0.3 is 0 Å². The fraction of sp³-hybridized carbons (Fsp3) is 0.550. The zero-order chi connectivity index (χ0) is 17.9. The third-order valence-corrected chi connectivity index (χ3v) is 5.80. The van der Waals surface area contributed by atoms with Crippen molar-refractivity contribution in [3.8, 4) is 17.0 Å². The van der Waals surface area contributed by atoms with Gasteiger partial charge in [0.1, 0.15) is 10.8 Å². The van der Waals surface area contributed by atoms with Gasteiger partial charge in [-0.25, -0.2) is 4.98 Å². The maximum atomic E-state index is 10.8. The van der Waals surface area contributed by atoms with Crippen LogP contribution in [0.25, 0.3) is 11.3 Å². The van der Waals surface area contributed by atoms with Gasteiger partial charge in [0.15, 0.2) is 0 Å². The lowest BCUT2D eigenvalue weighted by Gasteiger charge is -2.28. The smallest absolute Gasteiger partial charge is 0.123 e. The van der Waals surface area contributed by atoms with Crippen molar-refractivity contribution >= 4 is 11.3 Å². The SMILES string of the molecule is CC(C)(C)c1cc(-c2csc(C3(N)CC3)n2)cc(C(C)(C)C)c1O. The van der Waals surface area contributed by atoms with Crippen LogP contribution in [0.1, 0.15) is 70.5 Å². The number of rotatable bonds is 2. The molecule has 0 bridgehead atoms. The molecule has 1 heterocycles. The van der Waals surface area contributed by atoms with Crippen molar-refractivity contribution in [2.75, 3.05) is 0 Å². The van der Waals surface area contributed by atoms with Crippen LogP contribution in [0.4, 0.5) is 0 Å². The summed E-state index contributed by atoms with van der Waals surface area (Å²) >= 11 is 1.65. The van der Waals surface area contributed by atoms with Gasteiger partial charge in [-0.2, -0.15) is 0 Å². The number of thiazole rings is 1. The van der Waals surface area contributed by atoms with E-state index in [0.29, 0.717) is 5.75 Å². The van der Waals surface area contributed by atoms with E-state index in [1.54, 1.807) is 11.3 Å². The van der Waals surface area contributed by atoms with Gasteiger partial charge in [-0.3, -0.25) is 0 Å². The van der Waals surface area contributed by atoms with Crippen molar-refractivity contribution in [3.63, 3.8) is 0 Å². The first-order valence-electron chi connectivity index (χ1n) is 8.55. The van der Waals surface area contributed by atoms with E-state index in [-0.39, 0.29) is 16.4 Å². The van der Waals surface area contributed by atoms with Crippen LogP contribution in [0.5, 0.6) is 5.75 Å². The van der Waals surface area contributed by atoms with E-state index in [1.807, 2.05) is 0 Å². The van der Waals surface area contributed by atoms with Crippen molar-refractivity contribution in [1.82, 2.24) is 4.98 Å². The molecular weight excluding hydrogens is 316 g/mol. The quantitative estimate of drug-likeness (QED) is 0.800. The third kappa shape index (κ3) is 3.09. The van der Waals surface area contributed by atoms with Gasteiger partial charge in [0.25, 0.3) is 0 Å². The van der Waals surface area contributed by atoms with E-state index in [2.05, 4.69) is 59.1 Å². The zero-order valence-corrected chi connectivity index (χ0v) is 16.3. The molecule has 0 aliphatic heterocycles. The monoisotopic (exact) mass is 344 g/mol.